The SMILES string of the molecule is CC(C(=O)N[C@@H](CO)C(=O)Nc1nc2ccccc2[nH]1)c1ccccc1. The molecule has 134 valence electrons. The Kier molecular flexibility index (Phi) is 5.28. The lowest BCUT2D eigenvalue weighted by Crippen LogP contribution is -2.47. The second-order valence-corrected chi connectivity index (χ2v) is 5.97. The minimum absolute atomic E-state index is 0.264. The average molecular weight is 352 g/mol. The van der Waals surface area contributed by atoms with Gasteiger partial charge in [-0.2, -0.15) is 0 Å². The molecule has 1 aromatic heterocycles. The quantitative estimate of drug-likeness (QED) is 0.542. The Balaban J connectivity index is 1.65. The first-order chi connectivity index (χ1) is 12.6. The van der Waals surface area contributed by atoms with Crippen LogP contribution in [0.5, 0.6) is 0 Å². The van der Waals surface area contributed by atoms with E-state index in [4.69, 9.17) is 0 Å². The third-order valence-electron chi connectivity index (χ3n) is 4.14. The van der Waals surface area contributed by atoms with E-state index in [0.29, 0.717) is 5.52 Å². The molecule has 2 aromatic carbocycles. The number of hydrogen-bond donors (Lipinski definition) is 4. The minimum Gasteiger partial charge on any atom is -0.394 e. The summed E-state index contributed by atoms with van der Waals surface area (Å²) >= 11 is 0. The van der Waals surface area contributed by atoms with Crippen molar-refractivity contribution in [3.05, 3.63) is 60.2 Å². The maximum Gasteiger partial charge on any atom is 0.251 e. The number of nitrogens with one attached hydrogen (secondary N) is 3. The van der Waals surface area contributed by atoms with Crippen LogP contribution in [0.1, 0.15) is 18.4 Å². The summed E-state index contributed by atoms with van der Waals surface area (Å²) in [4.78, 5) is 32.0. The first-order valence-electron chi connectivity index (χ1n) is 8.30. The van der Waals surface area contributed by atoms with Gasteiger partial charge in [0.15, 0.2) is 0 Å². The van der Waals surface area contributed by atoms with Gasteiger partial charge in [-0.1, -0.05) is 42.5 Å². The molecule has 0 spiro atoms. The van der Waals surface area contributed by atoms with Crippen LogP contribution in [0.4, 0.5) is 5.95 Å². The van der Waals surface area contributed by atoms with Crippen molar-refractivity contribution in [2.75, 3.05) is 11.9 Å². The minimum atomic E-state index is -1.07. The van der Waals surface area contributed by atoms with Crippen molar-refractivity contribution in [3.63, 3.8) is 0 Å². The molecule has 0 saturated carbocycles. The topological polar surface area (TPSA) is 107 Å². The number of H-pyrrole nitrogens is 1. The molecule has 0 saturated heterocycles. The molecule has 1 heterocycles. The Bertz CT molecular complexity index is 874. The van der Waals surface area contributed by atoms with Gasteiger partial charge in [0.2, 0.25) is 11.9 Å². The maximum absolute atomic E-state index is 12.4. The highest BCUT2D eigenvalue weighted by Gasteiger charge is 2.24. The number of aromatic amines is 1. The number of hydrogen-bond acceptors (Lipinski definition) is 4. The monoisotopic (exact) mass is 352 g/mol. The van der Waals surface area contributed by atoms with Crippen molar-refractivity contribution >= 4 is 28.8 Å². The van der Waals surface area contributed by atoms with E-state index in [9.17, 15) is 14.7 Å². The highest BCUT2D eigenvalue weighted by Crippen LogP contribution is 2.15. The van der Waals surface area contributed by atoms with E-state index >= 15 is 0 Å². The number of aromatic nitrogens is 2. The van der Waals surface area contributed by atoms with Gasteiger partial charge in [0.25, 0.3) is 5.91 Å². The summed E-state index contributed by atoms with van der Waals surface area (Å²) < 4.78 is 0. The summed E-state index contributed by atoms with van der Waals surface area (Å²) in [5.41, 5.74) is 2.33. The van der Waals surface area contributed by atoms with Crippen LogP contribution >= 0.6 is 0 Å². The van der Waals surface area contributed by atoms with E-state index in [1.54, 1.807) is 6.92 Å². The molecule has 0 bridgehead atoms. The zero-order valence-corrected chi connectivity index (χ0v) is 14.3. The number of imidazole rings is 1. The van der Waals surface area contributed by atoms with Crippen molar-refractivity contribution in [2.45, 2.75) is 18.9 Å². The van der Waals surface area contributed by atoms with E-state index < -0.39 is 24.5 Å². The standard InChI is InChI=1S/C19H20N4O3/c1-12(13-7-3-2-4-8-13)17(25)20-16(11-24)18(26)23-19-21-14-9-5-6-10-15(14)22-19/h2-10,12,16,24H,11H2,1H3,(H,20,25)(H2,21,22,23,26)/t12?,16-/m0/s1. The normalized spacial score (nSPS) is 13.2. The largest absolute Gasteiger partial charge is 0.394 e. The number of nitrogens with zero attached hydrogens (tertiary/aromatic N) is 1. The Hall–Kier alpha value is -3.19. The third-order valence-corrected chi connectivity index (χ3v) is 4.14. The Morgan fingerprint density at radius 2 is 1.77 bits per heavy atom. The lowest BCUT2D eigenvalue weighted by Gasteiger charge is -2.18. The van der Waals surface area contributed by atoms with Gasteiger partial charge in [-0.25, -0.2) is 4.98 Å². The number of fused-ring (bicyclic) bond motifs is 1. The summed E-state index contributed by atoms with van der Waals surface area (Å²) in [7, 11) is 0. The number of aliphatic hydroxyl groups excluding tert-OH is 1. The molecule has 0 aliphatic rings. The molecule has 3 rings (SSSR count). The molecule has 0 fully saturated rings. The zero-order valence-electron chi connectivity index (χ0n) is 14.3. The highest BCUT2D eigenvalue weighted by molar-refractivity contribution is 5.98. The lowest BCUT2D eigenvalue weighted by molar-refractivity contribution is -0.128. The molecule has 7 nitrogen and oxygen atoms in total. The predicted octanol–water partition coefficient (Wildman–Crippen LogP) is 1.78. The number of benzene rings is 2. The van der Waals surface area contributed by atoms with Crippen LogP contribution in [0.2, 0.25) is 0 Å². The molecular weight excluding hydrogens is 332 g/mol. The van der Waals surface area contributed by atoms with Crippen molar-refractivity contribution < 1.29 is 14.7 Å². The summed E-state index contributed by atoms with van der Waals surface area (Å²) in [5.74, 6) is -1.06. The fraction of sp³-hybridized carbons (Fsp3) is 0.211. The van der Waals surface area contributed by atoms with Crippen molar-refractivity contribution in [1.29, 1.82) is 0 Å². The average Bonchev–Trinajstić information content (AvgIpc) is 3.08. The van der Waals surface area contributed by atoms with Gasteiger partial charge in [-0.05, 0) is 24.6 Å². The Morgan fingerprint density at radius 3 is 2.46 bits per heavy atom. The van der Waals surface area contributed by atoms with Crippen molar-refractivity contribution in [1.82, 2.24) is 15.3 Å². The summed E-state index contributed by atoms with van der Waals surface area (Å²) in [5, 5.41) is 14.7. The number of rotatable bonds is 6. The van der Waals surface area contributed by atoms with E-state index in [0.717, 1.165) is 11.1 Å². The van der Waals surface area contributed by atoms with Crippen molar-refractivity contribution in [3.8, 4) is 0 Å². The molecule has 7 heteroatoms. The first kappa shape index (κ1) is 17.6. The van der Waals surface area contributed by atoms with E-state index in [2.05, 4.69) is 20.6 Å². The first-order valence-corrected chi connectivity index (χ1v) is 8.30. The molecule has 26 heavy (non-hydrogen) atoms. The Morgan fingerprint density at radius 1 is 1.08 bits per heavy atom. The molecule has 0 aliphatic heterocycles. The number of anilines is 1. The zero-order chi connectivity index (χ0) is 18.5. The van der Waals surface area contributed by atoms with Crippen LogP contribution in [0.3, 0.4) is 0 Å². The van der Waals surface area contributed by atoms with Crippen LogP contribution in [0, 0.1) is 0 Å². The molecule has 3 aromatic rings. The van der Waals surface area contributed by atoms with Gasteiger partial charge in [-0.15, -0.1) is 0 Å². The lowest BCUT2D eigenvalue weighted by atomic mass is 10.00. The van der Waals surface area contributed by atoms with Gasteiger partial charge >= 0.3 is 0 Å². The third kappa shape index (κ3) is 3.89. The molecule has 0 aliphatic carbocycles. The van der Waals surface area contributed by atoms with Crippen LogP contribution in [0.15, 0.2) is 54.6 Å². The van der Waals surface area contributed by atoms with Crippen LogP contribution < -0.4 is 10.6 Å². The maximum atomic E-state index is 12.4. The number of amides is 2. The van der Waals surface area contributed by atoms with Crippen LogP contribution in [-0.2, 0) is 9.59 Å². The fourth-order valence-electron chi connectivity index (χ4n) is 2.60. The summed E-state index contributed by atoms with van der Waals surface area (Å²) in [6, 6.07) is 15.5. The molecule has 0 radical (unpaired) electrons. The molecule has 4 N–H and O–H groups in total. The number of aliphatic hydroxyl groups is 1. The summed E-state index contributed by atoms with van der Waals surface area (Å²) in [6.45, 7) is 1.23. The van der Waals surface area contributed by atoms with Gasteiger partial charge in [0, 0.05) is 0 Å². The van der Waals surface area contributed by atoms with E-state index in [1.807, 2.05) is 54.6 Å². The second-order valence-electron chi connectivity index (χ2n) is 5.97. The van der Waals surface area contributed by atoms with Gasteiger partial charge in [0.1, 0.15) is 6.04 Å². The van der Waals surface area contributed by atoms with Gasteiger partial charge in [-0.3, -0.25) is 14.9 Å². The molecule has 2 amide bonds. The summed E-state index contributed by atoms with van der Waals surface area (Å²) in [6.07, 6.45) is 0. The predicted molar refractivity (Wildman–Crippen MR) is 98.6 cm³/mol. The van der Waals surface area contributed by atoms with Gasteiger partial charge < -0.3 is 15.4 Å². The number of carbonyl (C=O) groups excluding carboxylic acids is 2. The smallest absolute Gasteiger partial charge is 0.251 e. The highest BCUT2D eigenvalue weighted by atomic mass is 16.3. The molecule has 1 unspecified atom stereocenters. The van der Waals surface area contributed by atoms with Crippen molar-refractivity contribution in [2.24, 2.45) is 0 Å². The van der Waals surface area contributed by atoms with Crippen LogP contribution in [-0.4, -0.2) is 39.5 Å². The molecule has 2 atom stereocenters. The Labute approximate surface area is 150 Å². The van der Waals surface area contributed by atoms with Crippen LogP contribution in [0.25, 0.3) is 11.0 Å². The van der Waals surface area contributed by atoms with E-state index in [-0.39, 0.29) is 11.9 Å². The number of para-hydroxylation sites is 2. The second kappa shape index (κ2) is 7.79. The van der Waals surface area contributed by atoms with E-state index in [1.165, 1.54) is 0 Å². The molecular formula is C19H20N4O3. The van der Waals surface area contributed by atoms with Gasteiger partial charge in [0.05, 0.1) is 23.6 Å². The fourth-order valence-corrected chi connectivity index (χ4v) is 2.60. The number of carbonyl (C=O) groups is 2.